The lowest BCUT2D eigenvalue weighted by molar-refractivity contribution is -0.139. The summed E-state index contributed by atoms with van der Waals surface area (Å²) < 4.78 is 5.72. The zero-order valence-corrected chi connectivity index (χ0v) is 10.3. The summed E-state index contributed by atoms with van der Waals surface area (Å²) in [6, 6.07) is 6.96. The molecule has 1 aliphatic heterocycles. The molecule has 1 saturated heterocycles. The molecule has 1 fully saturated rings. The highest BCUT2D eigenvalue weighted by molar-refractivity contribution is 6.34. The Labute approximate surface area is 109 Å². The largest absolute Gasteiger partial charge is 0.480 e. The molecule has 0 amide bonds. The molecule has 5 heteroatoms. The molecular weight excluding hydrogens is 254 g/mol. The van der Waals surface area contributed by atoms with Crippen molar-refractivity contribution >= 4 is 28.5 Å². The molecule has 2 unspecified atom stereocenters. The molecule has 2 atom stereocenters. The van der Waals surface area contributed by atoms with Crippen molar-refractivity contribution in [3.63, 3.8) is 0 Å². The van der Waals surface area contributed by atoms with Crippen molar-refractivity contribution in [2.75, 3.05) is 0 Å². The highest BCUT2D eigenvalue weighted by Crippen LogP contribution is 2.33. The van der Waals surface area contributed by atoms with Crippen molar-refractivity contribution in [1.29, 1.82) is 0 Å². The van der Waals surface area contributed by atoms with E-state index in [1.54, 1.807) is 6.07 Å². The lowest BCUT2D eigenvalue weighted by atomic mass is 10.1. The molecule has 0 aliphatic carbocycles. The Morgan fingerprint density at radius 3 is 2.94 bits per heavy atom. The summed E-state index contributed by atoms with van der Waals surface area (Å²) in [7, 11) is 0. The van der Waals surface area contributed by atoms with Gasteiger partial charge in [-0.3, -0.25) is 10.1 Å². The quantitative estimate of drug-likeness (QED) is 0.876. The van der Waals surface area contributed by atoms with Crippen molar-refractivity contribution in [2.45, 2.75) is 24.9 Å². The highest BCUT2D eigenvalue weighted by Gasteiger charge is 2.31. The van der Waals surface area contributed by atoms with Crippen LogP contribution >= 0.6 is 11.6 Å². The van der Waals surface area contributed by atoms with E-state index in [-0.39, 0.29) is 6.04 Å². The van der Waals surface area contributed by atoms with Gasteiger partial charge in [-0.05, 0) is 25.0 Å². The van der Waals surface area contributed by atoms with Gasteiger partial charge in [-0.15, -0.1) is 0 Å². The number of para-hydroxylation sites is 1. The van der Waals surface area contributed by atoms with Gasteiger partial charge in [0.05, 0.1) is 11.1 Å². The fourth-order valence-corrected chi connectivity index (χ4v) is 2.60. The zero-order valence-electron chi connectivity index (χ0n) is 9.52. The minimum atomic E-state index is -0.813. The van der Waals surface area contributed by atoms with Gasteiger partial charge in [0.1, 0.15) is 11.8 Å². The van der Waals surface area contributed by atoms with Crippen molar-refractivity contribution in [3.05, 3.63) is 35.0 Å². The molecule has 0 radical (unpaired) electrons. The second-order valence-electron chi connectivity index (χ2n) is 4.49. The molecule has 2 N–H and O–H groups in total. The molecule has 1 aromatic heterocycles. The van der Waals surface area contributed by atoms with Gasteiger partial charge < -0.3 is 9.52 Å². The van der Waals surface area contributed by atoms with Crippen LogP contribution in [0.2, 0.25) is 5.02 Å². The van der Waals surface area contributed by atoms with E-state index in [1.165, 1.54) is 0 Å². The zero-order chi connectivity index (χ0) is 12.7. The van der Waals surface area contributed by atoms with Gasteiger partial charge in [0.25, 0.3) is 0 Å². The van der Waals surface area contributed by atoms with Crippen molar-refractivity contribution < 1.29 is 14.3 Å². The number of benzene rings is 1. The molecule has 4 nitrogen and oxygen atoms in total. The maximum atomic E-state index is 10.9. The van der Waals surface area contributed by atoms with Gasteiger partial charge >= 0.3 is 5.97 Å². The number of carboxylic acids is 1. The van der Waals surface area contributed by atoms with Gasteiger partial charge in [0.15, 0.2) is 5.58 Å². The third kappa shape index (κ3) is 1.87. The molecule has 0 bridgehead atoms. The van der Waals surface area contributed by atoms with Crippen LogP contribution in [-0.4, -0.2) is 17.1 Å². The summed E-state index contributed by atoms with van der Waals surface area (Å²) in [5.41, 5.74) is 0.662. The van der Waals surface area contributed by atoms with E-state index in [0.29, 0.717) is 17.0 Å². The monoisotopic (exact) mass is 265 g/mol. The molecule has 2 aromatic rings. The molecule has 94 valence electrons. The Kier molecular flexibility index (Phi) is 2.76. The smallest absolute Gasteiger partial charge is 0.320 e. The first-order valence-electron chi connectivity index (χ1n) is 5.82. The number of nitrogens with one attached hydrogen (secondary N) is 1. The minimum Gasteiger partial charge on any atom is -0.480 e. The molecule has 1 aromatic carbocycles. The molecule has 2 heterocycles. The molecule has 0 spiro atoms. The van der Waals surface area contributed by atoms with E-state index in [2.05, 4.69) is 5.32 Å². The van der Waals surface area contributed by atoms with E-state index >= 15 is 0 Å². The molecule has 18 heavy (non-hydrogen) atoms. The summed E-state index contributed by atoms with van der Waals surface area (Å²) in [6.07, 6.45) is 1.37. The number of hydrogen-bond donors (Lipinski definition) is 2. The van der Waals surface area contributed by atoms with Crippen molar-refractivity contribution in [3.8, 4) is 0 Å². The summed E-state index contributed by atoms with van der Waals surface area (Å²) in [4.78, 5) is 10.9. The summed E-state index contributed by atoms with van der Waals surface area (Å²) in [6.45, 7) is 0. The van der Waals surface area contributed by atoms with Crippen LogP contribution in [0, 0.1) is 0 Å². The average Bonchev–Trinajstić information content (AvgIpc) is 2.95. The standard InChI is InChI=1S/C13H12ClNO3/c14-8-3-1-2-7-6-11(18-12(7)8)9-4-5-10(15-9)13(16)17/h1-3,6,9-10,15H,4-5H2,(H,16,17). The lowest BCUT2D eigenvalue weighted by Gasteiger charge is -2.08. The maximum Gasteiger partial charge on any atom is 0.320 e. The number of hydrogen-bond acceptors (Lipinski definition) is 3. The Hall–Kier alpha value is -1.52. The summed E-state index contributed by atoms with van der Waals surface area (Å²) in [5, 5.41) is 13.5. The molecule has 1 aliphatic rings. The molecule has 3 rings (SSSR count). The van der Waals surface area contributed by atoms with Crippen molar-refractivity contribution in [1.82, 2.24) is 5.32 Å². The number of rotatable bonds is 2. The fourth-order valence-electron chi connectivity index (χ4n) is 2.38. The van der Waals surface area contributed by atoms with Crippen LogP contribution in [0.15, 0.2) is 28.7 Å². The first-order valence-corrected chi connectivity index (χ1v) is 6.20. The number of halogens is 1. The van der Waals surface area contributed by atoms with Gasteiger partial charge in [0, 0.05) is 5.39 Å². The van der Waals surface area contributed by atoms with Crippen LogP contribution in [-0.2, 0) is 4.79 Å². The first-order chi connectivity index (χ1) is 8.65. The van der Waals surface area contributed by atoms with Crippen molar-refractivity contribution in [2.24, 2.45) is 0 Å². The van der Waals surface area contributed by atoms with E-state index in [4.69, 9.17) is 21.1 Å². The van der Waals surface area contributed by atoms with Gasteiger partial charge in [-0.2, -0.15) is 0 Å². The SMILES string of the molecule is O=C(O)C1CCC(c2cc3cccc(Cl)c3o2)N1. The Balaban J connectivity index is 1.92. The first kappa shape index (κ1) is 11.6. The normalized spacial score (nSPS) is 23.6. The highest BCUT2D eigenvalue weighted by atomic mass is 35.5. The number of carboxylic acid groups (broad SMARTS) is 1. The Morgan fingerprint density at radius 1 is 1.44 bits per heavy atom. The Bertz CT molecular complexity index is 607. The van der Waals surface area contributed by atoms with E-state index in [0.717, 1.165) is 17.6 Å². The van der Waals surface area contributed by atoms with E-state index in [9.17, 15) is 4.79 Å². The van der Waals surface area contributed by atoms with Crippen LogP contribution in [0.25, 0.3) is 11.0 Å². The fraction of sp³-hybridized carbons (Fsp3) is 0.308. The Morgan fingerprint density at radius 2 is 2.28 bits per heavy atom. The average molecular weight is 266 g/mol. The predicted molar refractivity (Wildman–Crippen MR) is 67.8 cm³/mol. The van der Waals surface area contributed by atoms with Gasteiger partial charge in [0.2, 0.25) is 0 Å². The number of fused-ring (bicyclic) bond motifs is 1. The maximum absolute atomic E-state index is 10.9. The third-order valence-corrected chi connectivity index (χ3v) is 3.60. The summed E-state index contributed by atoms with van der Waals surface area (Å²) in [5.74, 6) is -0.0616. The predicted octanol–water partition coefficient (Wildman–Crippen LogP) is 2.96. The number of aliphatic carboxylic acids is 1. The van der Waals surface area contributed by atoms with Gasteiger partial charge in [-0.1, -0.05) is 23.7 Å². The lowest BCUT2D eigenvalue weighted by Crippen LogP contribution is -2.31. The minimum absolute atomic E-state index is 0.0467. The molecule has 0 saturated carbocycles. The second kappa shape index (κ2) is 4.30. The third-order valence-electron chi connectivity index (χ3n) is 3.30. The second-order valence-corrected chi connectivity index (χ2v) is 4.90. The number of furan rings is 1. The van der Waals surface area contributed by atoms with Crippen LogP contribution in [0.5, 0.6) is 0 Å². The summed E-state index contributed by atoms with van der Waals surface area (Å²) >= 11 is 6.05. The van der Waals surface area contributed by atoms with Crippen LogP contribution in [0.1, 0.15) is 24.6 Å². The van der Waals surface area contributed by atoms with E-state index in [1.807, 2.05) is 18.2 Å². The molecular formula is C13H12ClNO3. The van der Waals surface area contributed by atoms with E-state index < -0.39 is 12.0 Å². The van der Waals surface area contributed by atoms with Crippen LogP contribution in [0.3, 0.4) is 0 Å². The van der Waals surface area contributed by atoms with Crippen LogP contribution in [0.4, 0.5) is 0 Å². The number of carbonyl (C=O) groups is 1. The van der Waals surface area contributed by atoms with Crippen LogP contribution < -0.4 is 5.32 Å². The van der Waals surface area contributed by atoms with Gasteiger partial charge in [-0.25, -0.2) is 0 Å². The topological polar surface area (TPSA) is 62.5 Å².